The molecule has 0 spiro atoms. The van der Waals surface area contributed by atoms with Crippen LogP contribution in [0.4, 0.5) is 5.95 Å². The predicted molar refractivity (Wildman–Crippen MR) is 78.0 cm³/mol. The van der Waals surface area contributed by atoms with Gasteiger partial charge in [-0.3, -0.25) is 14.6 Å². The Morgan fingerprint density at radius 2 is 1.95 bits per heavy atom. The molecule has 3 N–H and O–H groups in total. The molecular formula is C15H14N4O2. The Labute approximate surface area is 120 Å². The molecule has 2 aromatic rings. The lowest BCUT2D eigenvalue weighted by Gasteiger charge is -2.10. The van der Waals surface area contributed by atoms with Crippen LogP contribution in [0.3, 0.4) is 0 Å². The zero-order valence-electron chi connectivity index (χ0n) is 11.5. The molecule has 1 aliphatic rings. The van der Waals surface area contributed by atoms with E-state index in [0.717, 1.165) is 12.0 Å². The molecular weight excluding hydrogens is 268 g/mol. The van der Waals surface area contributed by atoms with Gasteiger partial charge in [0.2, 0.25) is 5.95 Å². The number of amides is 1. The number of hydrogen-bond acceptors (Lipinski definition) is 4. The molecule has 0 unspecified atom stereocenters. The smallest absolute Gasteiger partial charge is 0.262 e. The summed E-state index contributed by atoms with van der Waals surface area (Å²) in [5, 5.41) is 0.327. The summed E-state index contributed by atoms with van der Waals surface area (Å²) in [4.78, 5) is 34.1. The van der Waals surface area contributed by atoms with E-state index in [-0.39, 0.29) is 29.3 Å². The van der Waals surface area contributed by atoms with Crippen molar-refractivity contribution in [1.82, 2.24) is 9.97 Å². The molecule has 1 aromatic heterocycles. The van der Waals surface area contributed by atoms with Gasteiger partial charge >= 0.3 is 0 Å². The molecule has 0 aliphatic carbocycles. The summed E-state index contributed by atoms with van der Waals surface area (Å²) in [6, 6.07) is 7.78. The zero-order valence-corrected chi connectivity index (χ0v) is 11.5. The number of nitrogens with one attached hydrogen (secondary N) is 1. The molecule has 0 bridgehead atoms. The van der Waals surface area contributed by atoms with Crippen molar-refractivity contribution in [2.24, 2.45) is 4.99 Å². The fourth-order valence-corrected chi connectivity index (χ4v) is 2.42. The van der Waals surface area contributed by atoms with E-state index in [9.17, 15) is 9.59 Å². The van der Waals surface area contributed by atoms with Crippen LogP contribution in [-0.4, -0.2) is 15.9 Å². The summed E-state index contributed by atoms with van der Waals surface area (Å²) in [5.41, 5.74) is 7.89. The van der Waals surface area contributed by atoms with E-state index in [0.29, 0.717) is 10.8 Å². The predicted octanol–water partition coefficient (Wildman–Crippen LogP) is -0.337. The normalized spacial score (nSPS) is 13.8. The third kappa shape index (κ3) is 2.35. The second-order valence-corrected chi connectivity index (χ2v) is 4.86. The van der Waals surface area contributed by atoms with Crippen molar-refractivity contribution in [3.8, 4) is 0 Å². The molecule has 6 nitrogen and oxygen atoms in total. The Morgan fingerprint density at radius 1 is 1.24 bits per heavy atom. The average molecular weight is 282 g/mol. The highest BCUT2D eigenvalue weighted by Gasteiger charge is 2.17. The van der Waals surface area contributed by atoms with Gasteiger partial charge in [-0.15, -0.1) is 0 Å². The van der Waals surface area contributed by atoms with E-state index in [4.69, 9.17) is 5.73 Å². The topological polar surface area (TPSA) is 101 Å². The summed E-state index contributed by atoms with van der Waals surface area (Å²) in [6.07, 6.45) is 1.02. The van der Waals surface area contributed by atoms with Crippen LogP contribution < -0.4 is 22.0 Å². The fourth-order valence-electron chi connectivity index (χ4n) is 2.42. The number of carbonyl (C=O) groups excluding carboxylic acids is 1. The minimum atomic E-state index is -0.372. The molecule has 1 aliphatic heterocycles. The Bertz CT molecular complexity index is 895. The highest BCUT2D eigenvalue weighted by atomic mass is 16.1. The van der Waals surface area contributed by atoms with Crippen molar-refractivity contribution in [3.63, 3.8) is 0 Å². The summed E-state index contributed by atoms with van der Waals surface area (Å²) < 4.78 is 0. The monoisotopic (exact) mass is 282 g/mol. The molecule has 21 heavy (non-hydrogen) atoms. The number of H-pyrrole nitrogens is 1. The van der Waals surface area contributed by atoms with E-state index in [1.54, 1.807) is 0 Å². The van der Waals surface area contributed by atoms with Crippen LogP contribution in [0, 0.1) is 0 Å². The highest BCUT2D eigenvalue weighted by Crippen LogP contribution is 2.17. The van der Waals surface area contributed by atoms with E-state index in [1.165, 1.54) is 5.56 Å². The summed E-state index contributed by atoms with van der Waals surface area (Å²) in [5.74, 6) is -0.368. The van der Waals surface area contributed by atoms with Crippen LogP contribution in [0.1, 0.15) is 24.5 Å². The number of aromatic amines is 1. The first-order valence-corrected chi connectivity index (χ1v) is 6.68. The third-order valence-electron chi connectivity index (χ3n) is 3.49. The maximum Gasteiger partial charge on any atom is 0.262 e. The Balaban J connectivity index is 2.34. The van der Waals surface area contributed by atoms with Crippen LogP contribution in [0.25, 0.3) is 5.57 Å². The van der Waals surface area contributed by atoms with Gasteiger partial charge in [0.05, 0.1) is 11.6 Å². The lowest BCUT2D eigenvalue weighted by atomic mass is 9.97. The zero-order chi connectivity index (χ0) is 15.0. The van der Waals surface area contributed by atoms with E-state index >= 15 is 0 Å². The van der Waals surface area contributed by atoms with Crippen LogP contribution in [-0.2, 0) is 11.2 Å². The number of fused-ring (bicyclic) bond motifs is 1. The van der Waals surface area contributed by atoms with Gasteiger partial charge < -0.3 is 5.73 Å². The molecule has 0 saturated heterocycles. The maximum absolute atomic E-state index is 12.1. The van der Waals surface area contributed by atoms with Crippen molar-refractivity contribution in [1.29, 1.82) is 0 Å². The van der Waals surface area contributed by atoms with Crippen molar-refractivity contribution in [3.05, 3.63) is 56.5 Å². The Kier molecular flexibility index (Phi) is 3.13. The van der Waals surface area contributed by atoms with Gasteiger partial charge in [0.25, 0.3) is 11.5 Å². The van der Waals surface area contributed by atoms with Gasteiger partial charge in [0.15, 0.2) is 5.49 Å². The molecule has 6 heteroatoms. The third-order valence-corrected chi connectivity index (χ3v) is 3.49. The molecule has 1 aromatic carbocycles. The highest BCUT2D eigenvalue weighted by molar-refractivity contribution is 5.90. The molecule has 0 saturated carbocycles. The number of hydrogen-bond donors (Lipinski definition) is 2. The van der Waals surface area contributed by atoms with Crippen LogP contribution >= 0.6 is 0 Å². The number of aromatic nitrogens is 2. The first-order chi connectivity index (χ1) is 10.1. The first-order valence-electron chi connectivity index (χ1n) is 6.68. The molecule has 0 radical (unpaired) electrons. The summed E-state index contributed by atoms with van der Waals surface area (Å²) >= 11 is 0. The van der Waals surface area contributed by atoms with E-state index < -0.39 is 0 Å². The minimum Gasteiger partial charge on any atom is -0.369 e. The van der Waals surface area contributed by atoms with Gasteiger partial charge in [-0.25, -0.2) is 0 Å². The fraction of sp³-hybridized carbons (Fsp3) is 0.200. The molecule has 2 heterocycles. The first kappa shape index (κ1) is 13.2. The molecule has 0 fully saturated rings. The summed E-state index contributed by atoms with van der Waals surface area (Å²) in [7, 11) is 0. The van der Waals surface area contributed by atoms with Gasteiger partial charge in [-0.2, -0.15) is 9.98 Å². The number of carbonyl (C=O) groups is 1. The standard InChI is InChI=1S/C15H14N4O2/c1-2-8-3-5-9(6-4-8)10-7-11(20)17-13-12(10)14(21)19-15(16)18-13/h3-6H,2,7H2,1H3,(H3,16,17,18,19,20,21). The SMILES string of the molecule is CCc1ccc(C2=c3c(nc(N)[nH]c3=O)=NC(=O)C2)cc1. The van der Waals surface area contributed by atoms with Gasteiger partial charge in [0, 0.05) is 0 Å². The second kappa shape index (κ2) is 4.97. The van der Waals surface area contributed by atoms with Gasteiger partial charge in [-0.1, -0.05) is 31.2 Å². The second-order valence-electron chi connectivity index (χ2n) is 4.86. The quantitative estimate of drug-likeness (QED) is 0.787. The van der Waals surface area contributed by atoms with Crippen LogP contribution in [0.15, 0.2) is 34.1 Å². The lowest BCUT2D eigenvalue weighted by molar-refractivity contribution is -0.117. The van der Waals surface area contributed by atoms with Crippen LogP contribution in [0.2, 0.25) is 0 Å². The number of rotatable bonds is 2. The number of aryl methyl sites for hydroxylation is 1. The maximum atomic E-state index is 12.1. The number of nitrogens with two attached hydrogens (primary N) is 1. The lowest BCUT2D eigenvalue weighted by Crippen LogP contribution is -2.48. The van der Waals surface area contributed by atoms with Crippen LogP contribution in [0.5, 0.6) is 0 Å². The number of nitrogen functional groups attached to an aromatic ring is 1. The van der Waals surface area contributed by atoms with Crippen molar-refractivity contribution in [2.45, 2.75) is 19.8 Å². The van der Waals surface area contributed by atoms with Crippen molar-refractivity contribution >= 4 is 17.4 Å². The Morgan fingerprint density at radius 3 is 2.62 bits per heavy atom. The number of benzene rings is 1. The number of nitrogens with zero attached hydrogens (tertiary/aromatic N) is 2. The summed E-state index contributed by atoms with van der Waals surface area (Å²) in [6.45, 7) is 2.07. The van der Waals surface area contributed by atoms with Gasteiger partial charge in [-0.05, 0) is 23.1 Å². The molecule has 3 rings (SSSR count). The largest absolute Gasteiger partial charge is 0.369 e. The average Bonchev–Trinajstić information content (AvgIpc) is 2.45. The van der Waals surface area contributed by atoms with Crippen molar-refractivity contribution in [2.75, 3.05) is 5.73 Å². The van der Waals surface area contributed by atoms with Crippen molar-refractivity contribution < 1.29 is 4.79 Å². The van der Waals surface area contributed by atoms with Gasteiger partial charge in [0.1, 0.15) is 0 Å². The molecule has 106 valence electrons. The van der Waals surface area contributed by atoms with E-state index in [1.807, 2.05) is 24.3 Å². The van der Waals surface area contributed by atoms with E-state index in [2.05, 4.69) is 21.9 Å². The molecule has 1 amide bonds. The Hall–Kier alpha value is -2.76. The number of anilines is 1. The molecule has 0 atom stereocenters. The minimum absolute atomic E-state index is 0.0436.